The van der Waals surface area contributed by atoms with E-state index in [1.165, 1.54) is 34.4 Å². The van der Waals surface area contributed by atoms with Crippen molar-refractivity contribution in [1.82, 2.24) is 9.88 Å². The molecule has 0 saturated carbocycles. The summed E-state index contributed by atoms with van der Waals surface area (Å²) in [5.41, 5.74) is 1.16. The van der Waals surface area contributed by atoms with Gasteiger partial charge < -0.3 is 14.5 Å². The predicted octanol–water partition coefficient (Wildman–Crippen LogP) is 4.20. The van der Waals surface area contributed by atoms with Crippen molar-refractivity contribution in [2.24, 2.45) is 0 Å². The number of hydrogen-bond acceptors (Lipinski definition) is 8. The topological polar surface area (TPSA) is 92.0 Å². The van der Waals surface area contributed by atoms with E-state index in [0.717, 1.165) is 6.54 Å². The van der Waals surface area contributed by atoms with Gasteiger partial charge in [0.1, 0.15) is 11.5 Å². The second-order valence-electron chi connectivity index (χ2n) is 8.28. The van der Waals surface area contributed by atoms with Crippen LogP contribution in [0.25, 0.3) is 10.2 Å². The summed E-state index contributed by atoms with van der Waals surface area (Å²) < 4.78 is 19.7. The Balaban J connectivity index is 0.00000342. The van der Waals surface area contributed by atoms with Gasteiger partial charge in [-0.2, -0.15) is 0 Å². The highest BCUT2D eigenvalue weighted by Gasteiger charge is 2.27. The van der Waals surface area contributed by atoms with Crippen molar-refractivity contribution >= 4 is 56.4 Å². The number of rotatable bonds is 8. The Morgan fingerprint density at radius 1 is 1.20 bits per heavy atom. The number of nitrogens with zero attached hydrogens (tertiary/aromatic N) is 5. The normalized spacial score (nSPS) is 13.7. The number of ether oxygens (including phenoxy) is 1. The minimum atomic E-state index is -0.460. The number of fused-ring (bicyclic) bond motifs is 1. The van der Waals surface area contributed by atoms with Crippen LogP contribution in [0.5, 0.6) is 0 Å². The molecule has 2 aromatic carbocycles. The maximum Gasteiger partial charge on any atom is 0.293 e. The monoisotopic (exact) mass is 523 g/mol. The Hall–Kier alpha value is -2.86. The smallest absolute Gasteiger partial charge is 0.293 e. The average molecular weight is 524 g/mol. The Morgan fingerprint density at radius 3 is 2.63 bits per heavy atom. The zero-order valence-electron chi connectivity index (χ0n) is 19.5. The first-order valence-corrected chi connectivity index (χ1v) is 11.8. The molecule has 0 unspecified atom stereocenters. The summed E-state index contributed by atoms with van der Waals surface area (Å²) >= 11 is 1.22. The lowest BCUT2D eigenvalue weighted by molar-refractivity contribution is -0.384. The number of benzene rings is 2. The third kappa shape index (κ3) is 6.23. The van der Waals surface area contributed by atoms with Crippen LogP contribution in [0.2, 0.25) is 0 Å². The second-order valence-corrected chi connectivity index (χ2v) is 9.29. The zero-order valence-corrected chi connectivity index (χ0v) is 21.1. The van der Waals surface area contributed by atoms with E-state index in [-0.39, 0.29) is 35.4 Å². The molecule has 9 nitrogen and oxygen atoms in total. The van der Waals surface area contributed by atoms with Crippen LogP contribution in [0.4, 0.5) is 20.9 Å². The molecule has 4 rings (SSSR count). The Kier molecular flexibility index (Phi) is 8.95. The van der Waals surface area contributed by atoms with Crippen molar-refractivity contribution in [1.29, 1.82) is 0 Å². The van der Waals surface area contributed by atoms with E-state index in [9.17, 15) is 19.3 Å². The first kappa shape index (κ1) is 26.7. The lowest BCUT2D eigenvalue weighted by atomic mass is 10.1. The van der Waals surface area contributed by atoms with Gasteiger partial charge in [0, 0.05) is 31.3 Å². The van der Waals surface area contributed by atoms with Gasteiger partial charge in [0.05, 0.1) is 28.4 Å². The molecule has 1 aromatic heterocycles. The third-order valence-electron chi connectivity index (χ3n) is 5.57. The molecule has 35 heavy (non-hydrogen) atoms. The largest absolute Gasteiger partial charge is 0.378 e. The number of amides is 1. The SMILES string of the molecule is CN(C)CCCN(C(=O)c1ccc(N2CCOCC2)c([N+](=O)[O-])c1)c1nc2ccc(F)cc2s1.Cl. The van der Waals surface area contributed by atoms with Crippen molar-refractivity contribution in [2.45, 2.75) is 6.42 Å². The maximum absolute atomic E-state index is 13.7. The summed E-state index contributed by atoms with van der Waals surface area (Å²) in [5.74, 6) is -0.752. The van der Waals surface area contributed by atoms with Crippen molar-refractivity contribution < 1.29 is 18.8 Å². The molecule has 3 aromatic rings. The van der Waals surface area contributed by atoms with Gasteiger partial charge >= 0.3 is 0 Å². The first-order chi connectivity index (χ1) is 16.3. The van der Waals surface area contributed by atoms with E-state index in [2.05, 4.69) is 4.98 Å². The standard InChI is InChI=1S/C23H26FN5O4S.ClH/c1-26(2)8-3-9-28(23-25-18-6-5-17(24)15-21(18)34-23)22(30)16-4-7-19(20(14-16)29(31)32)27-10-12-33-13-11-27;/h4-7,14-15H,3,8-13H2,1-2H3;1H. The van der Waals surface area contributed by atoms with Gasteiger partial charge in [-0.05, 0) is 57.4 Å². The number of aromatic nitrogens is 1. The molecule has 1 aliphatic heterocycles. The van der Waals surface area contributed by atoms with Gasteiger partial charge in [0.25, 0.3) is 11.6 Å². The van der Waals surface area contributed by atoms with E-state index in [4.69, 9.17) is 4.74 Å². The number of nitro benzene ring substituents is 1. The molecule has 188 valence electrons. The molecule has 12 heteroatoms. The molecule has 2 heterocycles. The van der Waals surface area contributed by atoms with Crippen LogP contribution in [0, 0.1) is 15.9 Å². The van der Waals surface area contributed by atoms with Gasteiger partial charge in [-0.3, -0.25) is 19.8 Å². The van der Waals surface area contributed by atoms with Crippen molar-refractivity contribution in [3.63, 3.8) is 0 Å². The van der Waals surface area contributed by atoms with Gasteiger partial charge in [-0.15, -0.1) is 12.4 Å². The number of carbonyl (C=O) groups is 1. The summed E-state index contributed by atoms with van der Waals surface area (Å²) in [7, 11) is 3.89. The molecule has 1 amide bonds. The Labute approximate surface area is 212 Å². The summed E-state index contributed by atoms with van der Waals surface area (Å²) in [6, 6.07) is 8.88. The fourth-order valence-electron chi connectivity index (χ4n) is 3.86. The number of carbonyl (C=O) groups excluding carboxylic acids is 1. The van der Waals surface area contributed by atoms with Gasteiger partial charge in [-0.1, -0.05) is 11.3 Å². The van der Waals surface area contributed by atoms with Crippen molar-refractivity contribution in [3.05, 3.63) is 57.9 Å². The number of anilines is 2. The van der Waals surface area contributed by atoms with E-state index in [1.807, 2.05) is 23.9 Å². The van der Waals surface area contributed by atoms with Gasteiger partial charge in [-0.25, -0.2) is 9.37 Å². The van der Waals surface area contributed by atoms with Crippen LogP contribution in [-0.4, -0.2) is 74.2 Å². The lowest BCUT2D eigenvalue weighted by Crippen LogP contribution is -2.37. The van der Waals surface area contributed by atoms with E-state index in [1.54, 1.807) is 18.2 Å². The Morgan fingerprint density at radius 2 is 1.94 bits per heavy atom. The summed E-state index contributed by atoms with van der Waals surface area (Å²) in [4.78, 5) is 34.9. The number of nitro groups is 1. The van der Waals surface area contributed by atoms with Crippen LogP contribution >= 0.6 is 23.7 Å². The maximum atomic E-state index is 13.7. The lowest BCUT2D eigenvalue weighted by Gasteiger charge is -2.28. The summed E-state index contributed by atoms with van der Waals surface area (Å²) in [6.07, 6.45) is 0.678. The minimum Gasteiger partial charge on any atom is -0.378 e. The van der Waals surface area contributed by atoms with Crippen molar-refractivity contribution in [2.75, 3.05) is 63.3 Å². The predicted molar refractivity (Wildman–Crippen MR) is 138 cm³/mol. The van der Waals surface area contributed by atoms with Crippen LogP contribution < -0.4 is 9.80 Å². The molecule has 0 atom stereocenters. The molecule has 0 bridgehead atoms. The molecule has 1 fully saturated rings. The molecule has 0 N–H and O–H groups in total. The van der Waals surface area contributed by atoms with Crippen LogP contribution in [0.15, 0.2) is 36.4 Å². The van der Waals surface area contributed by atoms with E-state index < -0.39 is 4.92 Å². The van der Waals surface area contributed by atoms with Crippen LogP contribution in [0.3, 0.4) is 0 Å². The van der Waals surface area contributed by atoms with Crippen LogP contribution in [-0.2, 0) is 4.74 Å². The molecule has 1 saturated heterocycles. The van der Waals surface area contributed by atoms with Crippen LogP contribution in [0.1, 0.15) is 16.8 Å². The highest BCUT2D eigenvalue weighted by atomic mass is 35.5. The van der Waals surface area contributed by atoms with Crippen molar-refractivity contribution in [3.8, 4) is 0 Å². The fourth-order valence-corrected chi connectivity index (χ4v) is 4.88. The highest BCUT2D eigenvalue weighted by molar-refractivity contribution is 7.22. The molecule has 1 aliphatic rings. The quantitative estimate of drug-likeness (QED) is 0.323. The van der Waals surface area contributed by atoms with Gasteiger partial charge in [0.2, 0.25) is 0 Å². The number of morpholine rings is 1. The molecule has 0 aliphatic carbocycles. The molecule has 0 spiro atoms. The molecule has 0 radical (unpaired) electrons. The summed E-state index contributed by atoms with van der Waals surface area (Å²) in [6.45, 7) is 3.21. The second kappa shape index (κ2) is 11.7. The molecular formula is C23H27ClFN5O4S. The van der Waals surface area contributed by atoms with Gasteiger partial charge in [0.15, 0.2) is 5.13 Å². The zero-order chi connectivity index (χ0) is 24.2. The summed E-state index contributed by atoms with van der Waals surface area (Å²) in [5, 5.41) is 12.3. The minimum absolute atomic E-state index is 0. The highest BCUT2D eigenvalue weighted by Crippen LogP contribution is 2.33. The average Bonchev–Trinajstić information content (AvgIpc) is 3.24. The van der Waals surface area contributed by atoms with E-state index in [0.29, 0.717) is 60.3 Å². The molecular weight excluding hydrogens is 497 g/mol. The third-order valence-corrected chi connectivity index (χ3v) is 6.61. The first-order valence-electron chi connectivity index (χ1n) is 11.0. The van der Waals surface area contributed by atoms with E-state index >= 15 is 0 Å². The fraction of sp³-hybridized carbons (Fsp3) is 0.391. The number of halogens is 2. The Bertz CT molecular complexity index is 1200. The number of thiazole rings is 1. The number of hydrogen-bond donors (Lipinski definition) is 0.